The Morgan fingerprint density at radius 3 is 2.05 bits per heavy atom. The zero-order chi connectivity index (χ0) is 15.1. The summed E-state index contributed by atoms with van der Waals surface area (Å²) < 4.78 is 1.93. The number of hydrogen-bond acceptors (Lipinski definition) is 2. The number of nitrogens with zero attached hydrogens (tertiary/aromatic N) is 3. The van der Waals surface area contributed by atoms with Crippen LogP contribution in [0.1, 0.15) is 58.5 Å². The van der Waals surface area contributed by atoms with Gasteiger partial charge in [0.1, 0.15) is 0 Å². The van der Waals surface area contributed by atoms with E-state index in [1.807, 2.05) is 17.1 Å². The lowest BCUT2D eigenvalue weighted by atomic mass is 9.87. The standard InChI is InChI=1S/C17H25N3/c1-12-10-18-20(11-12)13-8-9-14(16(2,3)4)19-15(13)17(5,6)7/h8-11H,1-7H3. The zero-order valence-corrected chi connectivity index (χ0v) is 13.7. The van der Waals surface area contributed by atoms with Crippen LogP contribution in [-0.4, -0.2) is 14.8 Å². The van der Waals surface area contributed by atoms with E-state index in [0.29, 0.717) is 0 Å². The van der Waals surface area contributed by atoms with Crippen LogP contribution in [0.15, 0.2) is 24.5 Å². The van der Waals surface area contributed by atoms with Gasteiger partial charge in [-0.25, -0.2) is 4.68 Å². The Bertz CT molecular complexity index is 610. The van der Waals surface area contributed by atoms with Gasteiger partial charge in [0.25, 0.3) is 0 Å². The van der Waals surface area contributed by atoms with Gasteiger partial charge in [-0.3, -0.25) is 4.98 Å². The van der Waals surface area contributed by atoms with Crippen molar-refractivity contribution in [3.63, 3.8) is 0 Å². The van der Waals surface area contributed by atoms with Gasteiger partial charge >= 0.3 is 0 Å². The first-order chi connectivity index (χ1) is 9.09. The van der Waals surface area contributed by atoms with Gasteiger partial charge in [0.2, 0.25) is 0 Å². The van der Waals surface area contributed by atoms with Crippen LogP contribution in [0.2, 0.25) is 0 Å². The fourth-order valence-electron chi connectivity index (χ4n) is 2.15. The molecule has 0 radical (unpaired) electrons. The summed E-state index contributed by atoms with van der Waals surface area (Å²) in [5.74, 6) is 0. The number of aromatic nitrogens is 3. The maximum absolute atomic E-state index is 4.94. The molecule has 0 spiro atoms. The molecule has 2 aromatic heterocycles. The summed E-state index contributed by atoms with van der Waals surface area (Å²) in [7, 11) is 0. The fraction of sp³-hybridized carbons (Fsp3) is 0.529. The highest BCUT2D eigenvalue weighted by atomic mass is 15.3. The highest BCUT2D eigenvalue weighted by Gasteiger charge is 2.24. The Hall–Kier alpha value is -1.64. The second kappa shape index (κ2) is 4.72. The Morgan fingerprint density at radius 2 is 1.60 bits per heavy atom. The third kappa shape index (κ3) is 2.92. The molecule has 0 aliphatic heterocycles. The zero-order valence-electron chi connectivity index (χ0n) is 13.7. The van der Waals surface area contributed by atoms with Gasteiger partial charge in [-0.1, -0.05) is 41.5 Å². The summed E-state index contributed by atoms with van der Waals surface area (Å²) in [5, 5.41) is 4.43. The van der Waals surface area contributed by atoms with Crippen molar-refractivity contribution in [2.24, 2.45) is 0 Å². The van der Waals surface area contributed by atoms with Gasteiger partial charge in [0.05, 0.1) is 17.6 Å². The summed E-state index contributed by atoms with van der Waals surface area (Å²) in [5.41, 5.74) is 4.47. The molecule has 0 saturated heterocycles. The van der Waals surface area contributed by atoms with E-state index in [9.17, 15) is 0 Å². The van der Waals surface area contributed by atoms with E-state index in [-0.39, 0.29) is 10.8 Å². The minimum atomic E-state index is -0.0174. The summed E-state index contributed by atoms with van der Waals surface area (Å²) in [6, 6.07) is 4.25. The molecule has 0 N–H and O–H groups in total. The summed E-state index contributed by atoms with van der Waals surface area (Å²) >= 11 is 0. The molecule has 2 aromatic rings. The maximum Gasteiger partial charge on any atom is 0.0866 e. The third-order valence-electron chi connectivity index (χ3n) is 3.31. The molecular weight excluding hydrogens is 246 g/mol. The van der Waals surface area contributed by atoms with Crippen molar-refractivity contribution in [1.29, 1.82) is 0 Å². The molecule has 0 amide bonds. The van der Waals surface area contributed by atoms with E-state index in [1.54, 1.807) is 0 Å². The molecule has 0 bridgehead atoms. The van der Waals surface area contributed by atoms with Gasteiger partial charge in [0, 0.05) is 22.7 Å². The second-order valence-electron chi connectivity index (χ2n) is 7.53. The molecule has 0 aromatic carbocycles. The highest BCUT2D eigenvalue weighted by Crippen LogP contribution is 2.30. The van der Waals surface area contributed by atoms with Crippen molar-refractivity contribution in [3.05, 3.63) is 41.5 Å². The van der Waals surface area contributed by atoms with Gasteiger partial charge < -0.3 is 0 Å². The minimum absolute atomic E-state index is 0.0174. The van der Waals surface area contributed by atoms with Crippen LogP contribution in [0.4, 0.5) is 0 Å². The average molecular weight is 271 g/mol. The SMILES string of the molecule is Cc1cnn(-c2ccc(C(C)(C)C)nc2C(C)(C)C)c1. The normalized spacial score (nSPS) is 12.8. The van der Waals surface area contributed by atoms with Gasteiger partial charge in [-0.05, 0) is 24.6 Å². The lowest BCUT2D eigenvalue weighted by Crippen LogP contribution is -2.22. The van der Waals surface area contributed by atoms with Crippen molar-refractivity contribution < 1.29 is 0 Å². The van der Waals surface area contributed by atoms with E-state index in [0.717, 1.165) is 22.6 Å². The first kappa shape index (κ1) is 14.8. The van der Waals surface area contributed by atoms with Crippen LogP contribution in [0.5, 0.6) is 0 Å². The van der Waals surface area contributed by atoms with E-state index in [2.05, 4.69) is 65.7 Å². The molecule has 0 unspecified atom stereocenters. The van der Waals surface area contributed by atoms with Crippen LogP contribution in [0, 0.1) is 6.92 Å². The molecule has 0 saturated carbocycles. The van der Waals surface area contributed by atoms with Crippen LogP contribution in [0.3, 0.4) is 0 Å². The third-order valence-corrected chi connectivity index (χ3v) is 3.31. The predicted octanol–water partition coefficient (Wildman–Crippen LogP) is 4.17. The highest BCUT2D eigenvalue weighted by molar-refractivity contribution is 5.42. The molecule has 108 valence electrons. The smallest absolute Gasteiger partial charge is 0.0866 e. The molecule has 0 aliphatic rings. The Labute approximate surface area is 122 Å². The first-order valence-electron chi connectivity index (χ1n) is 7.13. The molecule has 3 heteroatoms. The monoisotopic (exact) mass is 271 g/mol. The molecule has 0 atom stereocenters. The van der Waals surface area contributed by atoms with E-state index in [1.165, 1.54) is 0 Å². The van der Waals surface area contributed by atoms with Crippen molar-refractivity contribution in [1.82, 2.24) is 14.8 Å². The summed E-state index contributed by atoms with van der Waals surface area (Å²) in [6.45, 7) is 15.2. The number of rotatable bonds is 1. The topological polar surface area (TPSA) is 30.7 Å². The van der Waals surface area contributed by atoms with E-state index < -0.39 is 0 Å². The van der Waals surface area contributed by atoms with Crippen molar-refractivity contribution in [2.75, 3.05) is 0 Å². The quantitative estimate of drug-likeness (QED) is 0.779. The van der Waals surface area contributed by atoms with Crippen LogP contribution in [-0.2, 0) is 10.8 Å². The van der Waals surface area contributed by atoms with Crippen molar-refractivity contribution in [3.8, 4) is 5.69 Å². The number of hydrogen-bond donors (Lipinski definition) is 0. The van der Waals surface area contributed by atoms with Gasteiger partial charge in [-0.15, -0.1) is 0 Å². The fourth-order valence-corrected chi connectivity index (χ4v) is 2.15. The van der Waals surface area contributed by atoms with Crippen molar-refractivity contribution >= 4 is 0 Å². The van der Waals surface area contributed by atoms with Gasteiger partial charge in [0.15, 0.2) is 0 Å². The van der Waals surface area contributed by atoms with E-state index in [4.69, 9.17) is 4.98 Å². The van der Waals surface area contributed by atoms with Crippen molar-refractivity contribution in [2.45, 2.75) is 59.3 Å². The molecule has 20 heavy (non-hydrogen) atoms. The number of aryl methyl sites for hydroxylation is 1. The largest absolute Gasteiger partial charge is 0.255 e. The maximum atomic E-state index is 4.94. The van der Waals surface area contributed by atoms with Gasteiger partial charge in [-0.2, -0.15) is 5.10 Å². The van der Waals surface area contributed by atoms with Crippen LogP contribution < -0.4 is 0 Å². The van der Waals surface area contributed by atoms with E-state index >= 15 is 0 Å². The Balaban J connectivity index is 2.64. The van der Waals surface area contributed by atoms with Crippen LogP contribution >= 0.6 is 0 Å². The Morgan fingerprint density at radius 1 is 0.950 bits per heavy atom. The number of pyridine rings is 1. The van der Waals surface area contributed by atoms with Crippen LogP contribution in [0.25, 0.3) is 5.69 Å². The second-order valence-corrected chi connectivity index (χ2v) is 7.53. The first-order valence-corrected chi connectivity index (χ1v) is 7.13. The molecule has 0 fully saturated rings. The molecule has 2 rings (SSSR count). The molecule has 3 nitrogen and oxygen atoms in total. The minimum Gasteiger partial charge on any atom is -0.255 e. The molecular formula is C17H25N3. The molecule has 2 heterocycles. The Kier molecular flexibility index (Phi) is 3.49. The summed E-state index contributed by atoms with van der Waals surface area (Å²) in [4.78, 5) is 4.94. The lowest BCUT2D eigenvalue weighted by molar-refractivity contribution is 0.526. The lowest BCUT2D eigenvalue weighted by Gasteiger charge is -2.25. The molecule has 0 aliphatic carbocycles. The summed E-state index contributed by atoms with van der Waals surface area (Å²) in [6.07, 6.45) is 3.92. The average Bonchev–Trinajstić information content (AvgIpc) is 2.72. The predicted molar refractivity (Wildman–Crippen MR) is 83.5 cm³/mol.